The Hall–Kier alpha value is -1.06. The van der Waals surface area contributed by atoms with E-state index in [1.807, 2.05) is 24.3 Å². The predicted octanol–water partition coefficient (Wildman–Crippen LogP) is 2.77. The zero-order chi connectivity index (χ0) is 12.9. The largest absolute Gasteiger partial charge is 0.465 e. The van der Waals surface area contributed by atoms with Crippen molar-refractivity contribution < 1.29 is 9.53 Å². The van der Waals surface area contributed by atoms with Crippen LogP contribution in [-0.2, 0) is 16.1 Å². The first-order chi connectivity index (χ1) is 7.97. The highest BCUT2D eigenvalue weighted by atomic mass is 35.5. The summed E-state index contributed by atoms with van der Waals surface area (Å²) in [6.07, 6.45) is 0. The molecule has 0 aliphatic heterocycles. The van der Waals surface area contributed by atoms with E-state index < -0.39 is 5.54 Å². The van der Waals surface area contributed by atoms with Gasteiger partial charge in [0, 0.05) is 11.6 Å². The fourth-order valence-corrected chi connectivity index (χ4v) is 1.54. The topological polar surface area (TPSA) is 38.3 Å². The molecule has 4 heteroatoms. The van der Waals surface area contributed by atoms with E-state index in [4.69, 9.17) is 16.3 Å². The minimum atomic E-state index is -0.713. The highest BCUT2D eigenvalue weighted by Crippen LogP contribution is 2.16. The fraction of sp³-hybridized carbons (Fsp3) is 0.462. The fourth-order valence-electron chi connectivity index (χ4n) is 1.34. The lowest BCUT2D eigenvalue weighted by Crippen LogP contribution is -2.47. The van der Waals surface area contributed by atoms with E-state index in [0.717, 1.165) is 5.56 Å². The van der Waals surface area contributed by atoms with Gasteiger partial charge in [-0.1, -0.05) is 29.8 Å². The number of hydrogen-bond donors (Lipinski definition) is 1. The maximum absolute atomic E-state index is 11.7. The number of nitrogens with one attached hydrogen (secondary N) is 1. The highest BCUT2D eigenvalue weighted by molar-refractivity contribution is 6.31. The van der Waals surface area contributed by atoms with E-state index in [9.17, 15) is 4.79 Å². The minimum Gasteiger partial charge on any atom is -0.465 e. The molecule has 0 amide bonds. The van der Waals surface area contributed by atoms with Gasteiger partial charge < -0.3 is 4.74 Å². The second kappa shape index (κ2) is 6.03. The van der Waals surface area contributed by atoms with Gasteiger partial charge in [-0.25, -0.2) is 0 Å². The lowest BCUT2D eigenvalue weighted by molar-refractivity contribution is -0.149. The van der Waals surface area contributed by atoms with Gasteiger partial charge in [-0.05, 0) is 32.4 Å². The molecule has 0 spiro atoms. The Morgan fingerprint density at radius 1 is 1.41 bits per heavy atom. The number of ether oxygens (including phenoxy) is 1. The van der Waals surface area contributed by atoms with Crippen LogP contribution in [0.4, 0.5) is 0 Å². The number of esters is 1. The summed E-state index contributed by atoms with van der Waals surface area (Å²) in [4.78, 5) is 11.7. The van der Waals surface area contributed by atoms with Crippen LogP contribution in [0, 0.1) is 0 Å². The van der Waals surface area contributed by atoms with E-state index in [1.54, 1.807) is 20.8 Å². The quantitative estimate of drug-likeness (QED) is 0.823. The molecule has 0 aliphatic carbocycles. The molecule has 1 rings (SSSR count). The molecule has 0 bridgehead atoms. The minimum absolute atomic E-state index is 0.257. The molecule has 0 aromatic heterocycles. The monoisotopic (exact) mass is 255 g/mol. The second-order valence-electron chi connectivity index (χ2n) is 4.29. The van der Waals surface area contributed by atoms with E-state index in [2.05, 4.69) is 5.32 Å². The Labute approximate surface area is 107 Å². The van der Waals surface area contributed by atoms with Gasteiger partial charge in [0.25, 0.3) is 0 Å². The van der Waals surface area contributed by atoms with Crippen LogP contribution in [0.25, 0.3) is 0 Å². The molecule has 94 valence electrons. The van der Waals surface area contributed by atoms with Gasteiger partial charge >= 0.3 is 5.97 Å². The number of hydrogen-bond acceptors (Lipinski definition) is 3. The Morgan fingerprint density at radius 3 is 2.65 bits per heavy atom. The van der Waals surface area contributed by atoms with Crippen molar-refractivity contribution in [2.24, 2.45) is 0 Å². The van der Waals surface area contributed by atoms with Gasteiger partial charge in [0.15, 0.2) is 0 Å². The molecular weight excluding hydrogens is 238 g/mol. The van der Waals surface area contributed by atoms with Gasteiger partial charge in [0.2, 0.25) is 0 Å². The maximum Gasteiger partial charge on any atom is 0.325 e. The number of rotatable bonds is 5. The Kier molecular flexibility index (Phi) is 4.97. The van der Waals surface area contributed by atoms with Crippen molar-refractivity contribution in [1.82, 2.24) is 5.32 Å². The van der Waals surface area contributed by atoms with E-state index in [1.165, 1.54) is 0 Å². The molecule has 0 radical (unpaired) electrons. The third-order valence-corrected chi connectivity index (χ3v) is 2.83. The molecule has 0 fully saturated rings. The zero-order valence-corrected chi connectivity index (χ0v) is 11.2. The highest BCUT2D eigenvalue weighted by Gasteiger charge is 2.28. The molecule has 1 aromatic carbocycles. The van der Waals surface area contributed by atoms with Crippen LogP contribution >= 0.6 is 11.6 Å². The Morgan fingerprint density at radius 2 is 2.06 bits per heavy atom. The molecule has 0 atom stereocenters. The van der Waals surface area contributed by atoms with E-state index in [0.29, 0.717) is 18.2 Å². The normalized spacial score (nSPS) is 11.3. The first-order valence-electron chi connectivity index (χ1n) is 5.63. The third kappa shape index (κ3) is 4.02. The molecule has 0 aliphatic rings. The number of carbonyl (C=O) groups excluding carboxylic acids is 1. The summed E-state index contributed by atoms with van der Waals surface area (Å²) >= 11 is 6.04. The molecule has 0 heterocycles. The van der Waals surface area contributed by atoms with Gasteiger partial charge in [-0.3, -0.25) is 10.1 Å². The number of carbonyl (C=O) groups is 1. The number of benzene rings is 1. The molecule has 3 nitrogen and oxygen atoms in total. The SMILES string of the molecule is CCOC(=O)C(C)(C)NCc1ccccc1Cl. The summed E-state index contributed by atoms with van der Waals surface area (Å²) < 4.78 is 4.99. The van der Waals surface area contributed by atoms with Crippen LogP contribution in [-0.4, -0.2) is 18.1 Å². The van der Waals surface area contributed by atoms with Crippen LogP contribution in [0.15, 0.2) is 24.3 Å². The van der Waals surface area contributed by atoms with Crippen molar-refractivity contribution in [3.05, 3.63) is 34.9 Å². The average Bonchev–Trinajstić information content (AvgIpc) is 2.28. The first-order valence-corrected chi connectivity index (χ1v) is 6.01. The summed E-state index contributed by atoms with van der Waals surface area (Å²) in [5, 5.41) is 3.84. The van der Waals surface area contributed by atoms with Crippen LogP contribution in [0.2, 0.25) is 5.02 Å². The molecular formula is C13H18ClNO2. The predicted molar refractivity (Wildman–Crippen MR) is 69.0 cm³/mol. The van der Waals surface area contributed by atoms with Crippen LogP contribution in [0.5, 0.6) is 0 Å². The first kappa shape index (κ1) is 14.0. The van der Waals surface area contributed by atoms with Crippen LogP contribution in [0.1, 0.15) is 26.3 Å². The summed E-state index contributed by atoms with van der Waals surface area (Å²) in [6.45, 7) is 6.30. The Balaban J connectivity index is 2.61. The van der Waals surface area contributed by atoms with Crippen molar-refractivity contribution in [2.75, 3.05) is 6.61 Å². The lowest BCUT2D eigenvalue weighted by atomic mass is 10.1. The van der Waals surface area contributed by atoms with Gasteiger partial charge in [-0.15, -0.1) is 0 Å². The van der Waals surface area contributed by atoms with Crippen molar-refractivity contribution in [3.63, 3.8) is 0 Å². The van der Waals surface area contributed by atoms with E-state index >= 15 is 0 Å². The molecule has 0 saturated carbocycles. The van der Waals surface area contributed by atoms with Gasteiger partial charge in [0.05, 0.1) is 6.61 Å². The van der Waals surface area contributed by atoms with Gasteiger partial charge in [-0.2, -0.15) is 0 Å². The Bertz CT molecular complexity index is 391. The van der Waals surface area contributed by atoms with E-state index in [-0.39, 0.29) is 5.97 Å². The molecule has 0 unspecified atom stereocenters. The van der Waals surface area contributed by atoms with Crippen molar-refractivity contribution in [2.45, 2.75) is 32.9 Å². The van der Waals surface area contributed by atoms with Crippen LogP contribution < -0.4 is 5.32 Å². The maximum atomic E-state index is 11.7. The van der Waals surface area contributed by atoms with Crippen LogP contribution in [0.3, 0.4) is 0 Å². The standard InChI is InChI=1S/C13H18ClNO2/c1-4-17-12(16)13(2,3)15-9-10-7-5-6-8-11(10)14/h5-8,15H,4,9H2,1-3H3. The molecule has 1 aromatic rings. The third-order valence-electron chi connectivity index (χ3n) is 2.46. The summed E-state index contributed by atoms with van der Waals surface area (Å²) in [5.41, 5.74) is 0.251. The molecule has 0 saturated heterocycles. The summed E-state index contributed by atoms with van der Waals surface area (Å²) in [6, 6.07) is 7.55. The molecule has 1 N–H and O–H groups in total. The second-order valence-corrected chi connectivity index (χ2v) is 4.70. The van der Waals surface area contributed by atoms with Gasteiger partial charge in [0.1, 0.15) is 5.54 Å². The average molecular weight is 256 g/mol. The zero-order valence-electron chi connectivity index (χ0n) is 10.4. The van der Waals surface area contributed by atoms with Crippen molar-refractivity contribution in [3.8, 4) is 0 Å². The van der Waals surface area contributed by atoms with Crippen molar-refractivity contribution >= 4 is 17.6 Å². The smallest absolute Gasteiger partial charge is 0.325 e. The summed E-state index contributed by atoms with van der Waals surface area (Å²) in [7, 11) is 0. The number of halogens is 1. The van der Waals surface area contributed by atoms with Crippen molar-refractivity contribution in [1.29, 1.82) is 0 Å². The lowest BCUT2D eigenvalue weighted by Gasteiger charge is -2.24. The molecule has 17 heavy (non-hydrogen) atoms. The summed E-state index contributed by atoms with van der Waals surface area (Å²) in [5.74, 6) is -0.257.